The summed E-state index contributed by atoms with van der Waals surface area (Å²) in [5.74, 6) is -1.47. The van der Waals surface area contributed by atoms with Gasteiger partial charge in [0.25, 0.3) is 0 Å². The average molecular weight is 322 g/mol. The first-order valence-electron chi connectivity index (χ1n) is 7.45. The Morgan fingerprint density at radius 2 is 1.96 bits per heavy atom. The van der Waals surface area contributed by atoms with Crippen LogP contribution in [0.1, 0.15) is 31.7 Å². The van der Waals surface area contributed by atoms with Crippen LogP contribution in [0.25, 0.3) is 0 Å². The van der Waals surface area contributed by atoms with Crippen molar-refractivity contribution in [3.8, 4) is 5.75 Å². The van der Waals surface area contributed by atoms with Crippen molar-refractivity contribution in [2.24, 2.45) is 5.73 Å². The van der Waals surface area contributed by atoms with Crippen molar-refractivity contribution in [1.82, 2.24) is 5.32 Å². The van der Waals surface area contributed by atoms with Crippen LogP contribution in [0.4, 0.5) is 0 Å². The quantitative estimate of drug-likeness (QED) is 0.590. The van der Waals surface area contributed by atoms with E-state index in [1.165, 1.54) is 0 Å². The summed E-state index contributed by atoms with van der Waals surface area (Å²) in [7, 11) is 0. The van der Waals surface area contributed by atoms with Crippen LogP contribution in [0, 0.1) is 0 Å². The lowest BCUT2D eigenvalue weighted by atomic mass is 10.1. The van der Waals surface area contributed by atoms with Gasteiger partial charge in [0.05, 0.1) is 6.61 Å². The first-order chi connectivity index (χ1) is 10.9. The molecule has 0 bridgehead atoms. The average Bonchev–Trinajstić information content (AvgIpc) is 2.50. The Labute approximate surface area is 134 Å². The fourth-order valence-electron chi connectivity index (χ4n) is 2.07. The zero-order valence-electron chi connectivity index (χ0n) is 13.1. The molecule has 0 aliphatic carbocycles. The molecule has 0 unspecified atom stereocenters. The maximum Gasteiger partial charge on any atom is 0.326 e. The summed E-state index contributed by atoms with van der Waals surface area (Å²) in [5.41, 5.74) is 5.88. The van der Waals surface area contributed by atoms with Crippen molar-refractivity contribution < 1.29 is 24.2 Å². The van der Waals surface area contributed by atoms with Gasteiger partial charge in [-0.25, -0.2) is 4.79 Å². The second kappa shape index (κ2) is 9.45. The first-order valence-corrected chi connectivity index (χ1v) is 7.45. The minimum absolute atomic E-state index is 0.0219. The van der Waals surface area contributed by atoms with Gasteiger partial charge in [0.15, 0.2) is 0 Å². The molecule has 4 N–H and O–H groups in total. The van der Waals surface area contributed by atoms with Crippen molar-refractivity contribution in [3.63, 3.8) is 0 Å². The molecule has 0 aliphatic heterocycles. The molecule has 1 aromatic carbocycles. The fourth-order valence-corrected chi connectivity index (χ4v) is 2.07. The Balaban J connectivity index is 2.55. The van der Waals surface area contributed by atoms with Gasteiger partial charge in [-0.2, -0.15) is 0 Å². The Kier molecular flexibility index (Phi) is 7.59. The molecule has 1 atom stereocenters. The van der Waals surface area contributed by atoms with Crippen LogP contribution in [0.3, 0.4) is 0 Å². The summed E-state index contributed by atoms with van der Waals surface area (Å²) >= 11 is 0. The minimum atomic E-state index is -1.19. The van der Waals surface area contributed by atoms with E-state index in [4.69, 9.17) is 15.6 Å². The van der Waals surface area contributed by atoms with E-state index in [0.29, 0.717) is 18.8 Å². The van der Waals surface area contributed by atoms with Crippen LogP contribution >= 0.6 is 0 Å². The molecule has 0 aliphatic rings. The van der Waals surface area contributed by atoms with Gasteiger partial charge in [-0.3, -0.25) is 9.59 Å². The molecule has 2 amide bonds. The van der Waals surface area contributed by atoms with E-state index in [1.807, 2.05) is 31.2 Å². The number of hydrogen-bond acceptors (Lipinski definition) is 4. The fraction of sp³-hybridized carbons (Fsp3) is 0.438. The molecule has 0 fully saturated rings. The van der Waals surface area contributed by atoms with E-state index < -0.39 is 23.8 Å². The Morgan fingerprint density at radius 3 is 2.57 bits per heavy atom. The largest absolute Gasteiger partial charge is 0.494 e. The standard InChI is InChI=1S/C16H22N2O5/c1-2-23-13-6-4-3-5-11(13)7-10-15(20)18-12(16(21)22)8-9-14(17)19/h3-6,12H,2,7-10H2,1H3,(H2,17,19)(H,18,20)(H,21,22)/t12-/m0/s1. The number of carbonyl (C=O) groups is 3. The van der Waals surface area contributed by atoms with Crippen LogP contribution in [0.2, 0.25) is 0 Å². The molecule has 0 saturated carbocycles. The molecular weight excluding hydrogens is 300 g/mol. The van der Waals surface area contributed by atoms with Gasteiger partial charge in [0.2, 0.25) is 11.8 Å². The highest BCUT2D eigenvalue weighted by molar-refractivity contribution is 5.84. The van der Waals surface area contributed by atoms with Gasteiger partial charge < -0.3 is 20.9 Å². The molecule has 7 nitrogen and oxygen atoms in total. The Bertz CT molecular complexity index is 559. The van der Waals surface area contributed by atoms with Gasteiger partial charge in [-0.05, 0) is 31.4 Å². The minimum Gasteiger partial charge on any atom is -0.494 e. The van der Waals surface area contributed by atoms with E-state index in [1.54, 1.807) is 0 Å². The van der Waals surface area contributed by atoms with Crippen LogP contribution in [0.15, 0.2) is 24.3 Å². The topological polar surface area (TPSA) is 119 Å². The smallest absolute Gasteiger partial charge is 0.326 e. The molecule has 0 aromatic heterocycles. The number of primary amides is 1. The molecule has 0 radical (unpaired) electrons. The number of carboxylic acids is 1. The normalized spacial score (nSPS) is 11.5. The number of amides is 2. The number of rotatable bonds is 10. The number of carboxylic acid groups (broad SMARTS) is 1. The summed E-state index contributed by atoms with van der Waals surface area (Å²) in [6.07, 6.45) is 0.449. The van der Waals surface area contributed by atoms with E-state index in [0.717, 1.165) is 5.56 Å². The molecule has 0 heterocycles. The molecule has 23 heavy (non-hydrogen) atoms. The van der Waals surface area contributed by atoms with Crippen molar-refractivity contribution >= 4 is 17.8 Å². The Hall–Kier alpha value is -2.57. The molecule has 126 valence electrons. The third-order valence-electron chi connectivity index (χ3n) is 3.21. The number of nitrogens with two attached hydrogens (primary N) is 1. The second-order valence-corrected chi connectivity index (χ2v) is 5.00. The third kappa shape index (κ3) is 6.82. The third-order valence-corrected chi connectivity index (χ3v) is 3.21. The number of aliphatic carboxylic acids is 1. The molecule has 0 spiro atoms. The number of para-hydroxylation sites is 1. The molecule has 1 aromatic rings. The number of aryl methyl sites for hydroxylation is 1. The summed E-state index contributed by atoms with van der Waals surface area (Å²) < 4.78 is 5.48. The monoisotopic (exact) mass is 322 g/mol. The summed E-state index contributed by atoms with van der Waals surface area (Å²) in [6.45, 7) is 2.40. The zero-order chi connectivity index (χ0) is 17.2. The molecule has 1 rings (SSSR count). The summed E-state index contributed by atoms with van der Waals surface area (Å²) in [4.78, 5) is 33.7. The van der Waals surface area contributed by atoms with E-state index >= 15 is 0 Å². The highest BCUT2D eigenvalue weighted by Crippen LogP contribution is 2.19. The molecule has 0 saturated heterocycles. The number of ether oxygens (including phenoxy) is 1. The highest BCUT2D eigenvalue weighted by Gasteiger charge is 2.20. The van der Waals surface area contributed by atoms with Gasteiger partial charge in [0, 0.05) is 12.8 Å². The summed E-state index contributed by atoms with van der Waals surface area (Å²) in [6, 6.07) is 6.27. The number of benzene rings is 1. The van der Waals surface area contributed by atoms with Gasteiger partial charge in [-0.1, -0.05) is 18.2 Å². The summed E-state index contributed by atoms with van der Waals surface area (Å²) in [5, 5.41) is 11.5. The molecular formula is C16H22N2O5. The van der Waals surface area contributed by atoms with Gasteiger partial charge in [-0.15, -0.1) is 0 Å². The lowest BCUT2D eigenvalue weighted by Gasteiger charge is -2.14. The van der Waals surface area contributed by atoms with Crippen LogP contribution in [-0.2, 0) is 20.8 Å². The Morgan fingerprint density at radius 1 is 1.26 bits per heavy atom. The van der Waals surface area contributed by atoms with Crippen LogP contribution < -0.4 is 15.8 Å². The second-order valence-electron chi connectivity index (χ2n) is 5.00. The predicted molar refractivity (Wildman–Crippen MR) is 83.9 cm³/mol. The van der Waals surface area contributed by atoms with E-state index in [9.17, 15) is 14.4 Å². The van der Waals surface area contributed by atoms with Crippen molar-refractivity contribution in [1.29, 1.82) is 0 Å². The lowest BCUT2D eigenvalue weighted by Crippen LogP contribution is -2.41. The van der Waals surface area contributed by atoms with Gasteiger partial charge >= 0.3 is 5.97 Å². The van der Waals surface area contributed by atoms with Crippen molar-refractivity contribution in [3.05, 3.63) is 29.8 Å². The molecule has 7 heteroatoms. The number of nitrogens with one attached hydrogen (secondary N) is 1. The zero-order valence-corrected chi connectivity index (χ0v) is 13.1. The lowest BCUT2D eigenvalue weighted by molar-refractivity contribution is -0.142. The van der Waals surface area contributed by atoms with Crippen LogP contribution in [-0.4, -0.2) is 35.5 Å². The van der Waals surface area contributed by atoms with Crippen molar-refractivity contribution in [2.75, 3.05) is 6.61 Å². The predicted octanol–water partition coefficient (Wildman–Crippen LogP) is 0.853. The highest BCUT2D eigenvalue weighted by atomic mass is 16.5. The maximum atomic E-state index is 11.9. The number of hydrogen-bond donors (Lipinski definition) is 3. The van der Waals surface area contributed by atoms with Crippen molar-refractivity contribution in [2.45, 2.75) is 38.6 Å². The number of carbonyl (C=O) groups excluding carboxylic acids is 2. The van der Waals surface area contributed by atoms with Crippen LogP contribution in [0.5, 0.6) is 5.75 Å². The van der Waals surface area contributed by atoms with E-state index in [-0.39, 0.29) is 19.3 Å². The van der Waals surface area contributed by atoms with Gasteiger partial charge in [0.1, 0.15) is 11.8 Å². The van der Waals surface area contributed by atoms with E-state index in [2.05, 4.69) is 5.32 Å². The first kappa shape index (κ1) is 18.5. The SMILES string of the molecule is CCOc1ccccc1CCC(=O)N[C@@H](CCC(N)=O)C(=O)O. The maximum absolute atomic E-state index is 11.9.